The van der Waals surface area contributed by atoms with E-state index in [-0.39, 0.29) is 6.10 Å². The van der Waals surface area contributed by atoms with Crippen LogP contribution in [-0.4, -0.2) is 54.1 Å². The van der Waals surface area contributed by atoms with E-state index in [1.165, 1.54) is 5.56 Å². The van der Waals surface area contributed by atoms with E-state index < -0.39 is 0 Å². The highest BCUT2D eigenvalue weighted by Gasteiger charge is 2.16. The van der Waals surface area contributed by atoms with Crippen molar-refractivity contribution in [1.29, 1.82) is 0 Å². The number of likely N-dealkylation sites (tertiary alicyclic amines) is 1. The van der Waals surface area contributed by atoms with Crippen LogP contribution in [0.3, 0.4) is 0 Å². The molecule has 1 saturated heterocycles. The predicted molar refractivity (Wildman–Crippen MR) is 135 cm³/mol. The van der Waals surface area contributed by atoms with Crippen LogP contribution in [0.4, 0.5) is 11.6 Å². The number of aromatic nitrogens is 5. The molecule has 1 aromatic carbocycles. The van der Waals surface area contributed by atoms with E-state index in [9.17, 15) is 5.11 Å². The fourth-order valence-electron chi connectivity index (χ4n) is 4.19. The lowest BCUT2D eigenvalue weighted by molar-refractivity contribution is 0.0792. The number of benzene rings is 1. The Morgan fingerprint density at radius 1 is 0.857 bits per heavy atom. The van der Waals surface area contributed by atoms with E-state index in [2.05, 4.69) is 59.4 Å². The van der Waals surface area contributed by atoms with Gasteiger partial charge < -0.3 is 10.4 Å². The maximum atomic E-state index is 9.69. The van der Waals surface area contributed by atoms with Crippen LogP contribution in [0.2, 0.25) is 0 Å². The van der Waals surface area contributed by atoms with Crippen LogP contribution in [0.1, 0.15) is 35.5 Å². The topological polar surface area (TPSA) is 100.0 Å². The number of hydrogen-bond acceptors (Lipinski definition) is 8. The van der Waals surface area contributed by atoms with Crippen LogP contribution in [0.15, 0.2) is 67.0 Å². The standard InChI is InChI=1S/C27H29N7O/c1-19-3-2-4-23(30-19)27-29-14-10-25(33-27)31-24-9-13-28-26(32-24)17-20-5-7-21(8-6-20)18-34-15-11-22(35)12-16-34/h2-10,13-14,22,35H,11-12,15-18H2,1H3,(H,28,29,31,32,33). The minimum absolute atomic E-state index is 0.139. The van der Waals surface area contributed by atoms with Crippen LogP contribution in [0.25, 0.3) is 11.5 Å². The number of piperidine rings is 1. The van der Waals surface area contributed by atoms with Gasteiger partial charge in [0.1, 0.15) is 23.2 Å². The Kier molecular flexibility index (Phi) is 7.02. The molecular formula is C27H29N7O. The smallest absolute Gasteiger partial charge is 0.180 e. The summed E-state index contributed by atoms with van der Waals surface area (Å²) < 4.78 is 0. The predicted octanol–water partition coefficient (Wildman–Crippen LogP) is 3.93. The summed E-state index contributed by atoms with van der Waals surface area (Å²) in [6.07, 6.45) is 5.70. The van der Waals surface area contributed by atoms with Gasteiger partial charge in [-0.3, -0.25) is 4.90 Å². The van der Waals surface area contributed by atoms with Crippen molar-refractivity contribution < 1.29 is 5.11 Å². The minimum Gasteiger partial charge on any atom is -0.393 e. The normalized spacial score (nSPS) is 14.7. The molecule has 5 rings (SSSR count). The third-order valence-corrected chi connectivity index (χ3v) is 6.08. The van der Waals surface area contributed by atoms with Crippen molar-refractivity contribution in [2.75, 3.05) is 18.4 Å². The molecule has 8 heteroatoms. The summed E-state index contributed by atoms with van der Waals surface area (Å²) in [6, 6.07) is 18.1. The molecule has 0 unspecified atom stereocenters. The number of anilines is 2. The minimum atomic E-state index is -0.139. The van der Waals surface area contributed by atoms with Gasteiger partial charge in [0.25, 0.3) is 0 Å². The van der Waals surface area contributed by atoms with E-state index in [0.29, 0.717) is 23.9 Å². The Labute approximate surface area is 205 Å². The van der Waals surface area contributed by atoms with E-state index in [1.807, 2.05) is 37.3 Å². The Balaban J connectivity index is 1.22. The molecule has 35 heavy (non-hydrogen) atoms. The summed E-state index contributed by atoms with van der Waals surface area (Å²) in [7, 11) is 0. The maximum Gasteiger partial charge on any atom is 0.180 e. The van der Waals surface area contributed by atoms with Crippen molar-refractivity contribution in [3.63, 3.8) is 0 Å². The van der Waals surface area contributed by atoms with Gasteiger partial charge in [-0.05, 0) is 55.2 Å². The number of pyridine rings is 1. The first-order valence-electron chi connectivity index (χ1n) is 11.9. The lowest BCUT2D eigenvalue weighted by Crippen LogP contribution is -2.35. The molecule has 4 heterocycles. The zero-order valence-electron chi connectivity index (χ0n) is 19.8. The van der Waals surface area contributed by atoms with Gasteiger partial charge in [0.05, 0.1) is 6.10 Å². The van der Waals surface area contributed by atoms with Crippen molar-refractivity contribution in [1.82, 2.24) is 29.8 Å². The van der Waals surface area contributed by atoms with E-state index >= 15 is 0 Å². The van der Waals surface area contributed by atoms with Crippen LogP contribution < -0.4 is 5.32 Å². The summed E-state index contributed by atoms with van der Waals surface area (Å²) in [5.74, 6) is 2.63. The highest BCUT2D eigenvalue weighted by atomic mass is 16.3. The quantitative estimate of drug-likeness (QED) is 0.422. The molecule has 0 amide bonds. The van der Waals surface area contributed by atoms with Crippen LogP contribution in [0, 0.1) is 6.92 Å². The lowest BCUT2D eigenvalue weighted by atomic mass is 10.1. The molecule has 0 spiro atoms. The highest BCUT2D eigenvalue weighted by Crippen LogP contribution is 2.18. The second-order valence-corrected chi connectivity index (χ2v) is 8.91. The number of hydrogen-bond donors (Lipinski definition) is 2. The van der Waals surface area contributed by atoms with Crippen molar-refractivity contribution in [2.24, 2.45) is 0 Å². The molecule has 1 fully saturated rings. The van der Waals surface area contributed by atoms with Crippen LogP contribution in [0.5, 0.6) is 0 Å². The molecular weight excluding hydrogens is 438 g/mol. The summed E-state index contributed by atoms with van der Waals surface area (Å²) in [4.78, 5) is 25.0. The fraction of sp³-hybridized carbons (Fsp3) is 0.296. The van der Waals surface area contributed by atoms with Crippen LogP contribution >= 0.6 is 0 Å². The molecule has 0 bridgehead atoms. The van der Waals surface area contributed by atoms with Gasteiger partial charge >= 0.3 is 0 Å². The maximum absolute atomic E-state index is 9.69. The molecule has 1 aliphatic heterocycles. The molecule has 0 aliphatic carbocycles. The molecule has 0 atom stereocenters. The lowest BCUT2D eigenvalue weighted by Gasteiger charge is -2.29. The van der Waals surface area contributed by atoms with Crippen molar-refractivity contribution in [2.45, 2.75) is 38.8 Å². The number of aliphatic hydroxyl groups is 1. The van der Waals surface area contributed by atoms with Crippen molar-refractivity contribution >= 4 is 11.6 Å². The summed E-state index contributed by atoms with van der Waals surface area (Å²) in [5, 5.41) is 12.9. The van der Waals surface area contributed by atoms with E-state index in [1.54, 1.807) is 12.4 Å². The Morgan fingerprint density at radius 2 is 1.57 bits per heavy atom. The summed E-state index contributed by atoms with van der Waals surface area (Å²) in [6.45, 7) is 4.77. The molecule has 4 aromatic rings. The summed E-state index contributed by atoms with van der Waals surface area (Å²) in [5.41, 5.74) is 4.10. The molecule has 8 nitrogen and oxygen atoms in total. The monoisotopic (exact) mass is 467 g/mol. The summed E-state index contributed by atoms with van der Waals surface area (Å²) >= 11 is 0. The van der Waals surface area contributed by atoms with Crippen LogP contribution in [-0.2, 0) is 13.0 Å². The van der Waals surface area contributed by atoms with Gasteiger partial charge in [-0.1, -0.05) is 30.3 Å². The van der Waals surface area contributed by atoms with Gasteiger partial charge in [-0.15, -0.1) is 0 Å². The third-order valence-electron chi connectivity index (χ3n) is 6.08. The van der Waals surface area contributed by atoms with Crippen molar-refractivity contribution in [3.8, 4) is 11.5 Å². The van der Waals surface area contributed by atoms with Gasteiger partial charge in [-0.2, -0.15) is 0 Å². The van der Waals surface area contributed by atoms with Gasteiger partial charge in [0, 0.05) is 44.1 Å². The second-order valence-electron chi connectivity index (χ2n) is 8.91. The number of rotatable bonds is 7. The zero-order chi connectivity index (χ0) is 24.0. The highest BCUT2D eigenvalue weighted by molar-refractivity contribution is 5.56. The fourth-order valence-corrected chi connectivity index (χ4v) is 4.19. The van der Waals surface area contributed by atoms with E-state index in [0.717, 1.165) is 55.3 Å². The first-order valence-corrected chi connectivity index (χ1v) is 11.9. The molecule has 2 N–H and O–H groups in total. The SMILES string of the molecule is Cc1cccc(-c2nccc(Nc3ccnc(Cc4ccc(CN5CCC(O)CC5)cc4)n3)n2)n1. The van der Waals surface area contributed by atoms with Gasteiger partial charge in [0.15, 0.2) is 5.82 Å². The Hall–Kier alpha value is -3.75. The largest absolute Gasteiger partial charge is 0.393 e. The first-order chi connectivity index (χ1) is 17.1. The number of nitrogens with one attached hydrogen (secondary N) is 1. The van der Waals surface area contributed by atoms with E-state index in [4.69, 9.17) is 0 Å². The Bertz CT molecular complexity index is 1270. The number of aliphatic hydroxyl groups excluding tert-OH is 1. The average molecular weight is 468 g/mol. The Morgan fingerprint density at radius 3 is 2.34 bits per heavy atom. The zero-order valence-corrected chi connectivity index (χ0v) is 19.8. The first kappa shape index (κ1) is 23.0. The van der Waals surface area contributed by atoms with Crippen molar-refractivity contribution in [3.05, 3.63) is 89.6 Å². The third kappa shape index (κ3) is 6.23. The molecule has 0 radical (unpaired) electrons. The average Bonchev–Trinajstić information content (AvgIpc) is 2.87. The molecule has 0 saturated carbocycles. The number of aryl methyl sites for hydroxylation is 1. The molecule has 3 aromatic heterocycles. The number of nitrogens with zero attached hydrogens (tertiary/aromatic N) is 6. The van der Waals surface area contributed by atoms with Gasteiger partial charge in [-0.25, -0.2) is 24.9 Å². The molecule has 1 aliphatic rings. The second kappa shape index (κ2) is 10.7. The van der Waals surface area contributed by atoms with Gasteiger partial charge in [0.2, 0.25) is 0 Å². The molecule has 178 valence electrons.